The van der Waals surface area contributed by atoms with Crippen LogP contribution < -0.4 is 14.2 Å². The lowest BCUT2D eigenvalue weighted by Gasteiger charge is -2.32. The molecule has 2 aromatic carbocycles. The minimum absolute atomic E-state index is 0.428. The average molecular weight is 343 g/mol. The van der Waals surface area contributed by atoms with Gasteiger partial charge in [-0.2, -0.15) is 0 Å². The molecule has 0 saturated carbocycles. The number of ether oxygens (including phenoxy) is 3. The maximum absolute atomic E-state index is 11.7. The van der Waals surface area contributed by atoms with Gasteiger partial charge in [0.25, 0.3) is 0 Å². The van der Waals surface area contributed by atoms with Crippen LogP contribution >= 0.6 is 0 Å². The standard InChI is InChI=1S/C19H21NO5/c1-20(2)11-12-23-14-8-4-3-7-13(14)17-18(19(21)22)25-16-10-6-5-9-15(16)24-17/h3-10,17-18H,11-12H2,1-2H3,(H,21,22). The second-order valence-corrected chi connectivity index (χ2v) is 6.05. The van der Waals surface area contributed by atoms with E-state index in [1.165, 1.54) is 0 Å². The molecule has 0 saturated heterocycles. The van der Waals surface area contributed by atoms with E-state index in [0.29, 0.717) is 29.4 Å². The van der Waals surface area contributed by atoms with Gasteiger partial charge in [-0.15, -0.1) is 0 Å². The lowest BCUT2D eigenvalue weighted by Crippen LogP contribution is -2.39. The average Bonchev–Trinajstić information content (AvgIpc) is 2.60. The van der Waals surface area contributed by atoms with Crippen molar-refractivity contribution in [2.24, 2.45) is 0 Å². The topological polar surface area (TPSA) is 68.2 Å². The summed E-state index contributed by atoms with van der Waals surface area (Å²) in [6, 6.07) is 14.4. The first kappa shape index (κ1) is 17.1. The second-order valence-electron chi connectivity index (χ2n) is 6.05. The van der Waals surface area contributed by atoms with Gasteiger partial charge in [-0.3, -0.25) is 0 Å². The number of likely N-dealkylation sites (N-methyl/N-ethyl adjacent to an activating group) is 1. The summed E-state index contributed by atoms with van der Waals surface area (Å²) in [6.07, 6.45) is -1.93. The van der Waals surface area contributed by atoms with Gasteiger partial charge in [0.15, 0.2) is 17.6 Å². The highest BCUT2D eigenvalue weighted by Gasteiger charge is 2.39. The molecule has 0 bridgehead atoms. The zero-order valence-corrected chi connectivity index (χ0v) is 14.2. The molecular weight excluding hydrogens is 322 g/mol. The molecule has 0 aliphatic carbocycles. The van der Waals surface area contributed by atoms with Crippen LogP contribution in [0.5, 0.6) is 17.2 Å². The number of carboxylic acids is 1. The molecule has 1 N–H and O–H groups in total. The Hall–Kier alpha value is -2.73. The van der Waals surface area contributed by atoms with Gasteiger partial charge in [0.2, 0.25) is 6.10 Å². The third kappa shape index (κ3) is 3.85. The molecule has 0 fully saturated rings. The Labute approximate surface area is 146 Å². The molecule has 0 amide bonds. The monoisotopic (exact) mass is 343 g/mol. The van der Waals surface area contributed by atoms with Crippen LogP contribution in [-0.4, -0.2) is 49.3 Å². The van der Waals surface area contributed by atoms with Crippen LogP contribution in [0.15, 0.2) is 48.5 Å². The van der Waals surface area contributed by atoms with Gasteiger partial charge in [-0.05, 0) is 32.3 Å². The van der Waals surface area contributed by atoms with Crippen molar-refractivity contribution in [3.05, 3.63) is 54.1 Å². The minimum atomic E-state index is -1.14. The van der Waals surface area contributed by atoms with Gasteiger partial charge in [-0.25, -0.2) is 4.79 Å². The van der Waals surface area contributed by atoms with Crippen molar-refractivity contribution in [3.63, 3.8) is 0 Å². The van der Waals surface area contributed by atoms with Crippen molar-refractivity contribution in [3.8, 4) is 17.2 Å². The predicted octanol–water partition coefficient (Wildman–Crippen LogP) is 2.59. The van der Waals surface area contributed by atoms with Crippen molar-refractivity contribution in [1.82, 2.24) is 4.90 Å². The zero-order chi connectivity index (χ0) is 17.8. The number of carboxylic acid groups (broad SMARTS) is 1. The Morgan fingerprint density at radius 3 is 2.40 bits per heavy atom. The largest absolute Gasteiger partial charge is 0.492 e. The van der Waals surface area contributed by atoms with E-state index in [4.69, 9.17) is 14.2 Å². The van der Waals surface area contributed by atoms with E-state index < -0.39 is 18.2 Å². The zero-order valence-electron chi connectivity index (χ0n) is 14.2. The minimum Gasteiger partial charge on any atom is -0.492 e. The SMILES string of the molecule is CN(C)CCOc1ccccc1C1Oc2ccccc2OC1C(=O)O. The first-order chi connectivity index (χ1) is 12.1. The molecule has 1 aliphatic heterocycles. The first-order valence-electron chi connectivity index (χ1n) is 8.08. The van der Waals surface area contributed by atoms with Crippen molar-refractivity contribution < 1.29 is 24.1 Å². The highest BCUT2D eigenvalue weighted by molar-refractivity contribution is 5.75. The molecule has 1 heterocycles. The van der Waals surface area contributed by atoms with Crippen LogP contribution in [-0.2, 0) is 4.79 Å². The van der Waals surface area contributed by atoms with Crippen molar-refractivity contribution >= 4 is 5.97 Å². The van der Waals surface area contributed by atoms with E-state index in [1.807, 2.05) is 49.3 Å². The van der Waals surface area contributed by atoms with E-state index in [1.54, 1.807) is 18.2 Å². The number of rotatable bonds is 6. The Balaban J connectivity index is 1.90. The molecular formula is C19H21NO5. The lowest BCUT2D eigenvalue weighted by molar-refractivity contribution is -0.151. The molecule has 0 radical (unpaired) electrons. The summed E-state index contributed by atoms with van der Waals surface area (Å²) in [5, 5.41) is 9.58. The number of hydrogen-bond acceptors (Lipinski definition) is 5. The highest BCUT2D eigenvalue weighted by Crippen LogP contribution is 2.41. The van der Waals surface area contributed by atoms with E-state index in [2.05, 4.69) is 0 Å². The number of carbonyl (C=O) groups is 1. The van der Waals surface area contributed by atoms with Crippen LogP contribution in [0.1, 0.15) is 11.7 Å². The van der Waals surface area contributed by atoms with Gasteiger partial charge in [0.05, 0.1) is 0 Å². The Morgan fingerprint density at radius 2 is 1.72 bits per heavy atom. The van der Waals surface area contributed by atoms with Crippen LogP contribution in [0.4, 0.5) is 0 Å². The highest BCUT2D eigenvalue weighted by atomic mass is 16.6. The molecule has 2 unspecified atom stereocenters. The van der Waals surface area contributed by atoms with Crippen molar-refractivity contribution in [2.75, 3.05) is 27.2 Å². The number of para-hydroxylation sites is 3. The fourth-order valence-electron chi connectivity index (χ4n) is 2.63. The summed E-state index contributed by atoms with van der Waals surface area (Å²) in [6.45, 7) is 1.24. The normalized spacial score (nSPS) is 18.8. The summed E-state index contributed by atoms with van der Waals surface area (Å²) in [7, 11) is 3.93. The summed E-state index contributed by atoms with van der Waals surface area (Å²) in [5.74, 6) is 0.469. The molecule has 25 heavy (non-hydrogen) atoms. The summed E-state index contributed by atoms with van der Waals surface area (Å²) in [4.78, 5) is 13.7. The fourth-order valence-corrected chi connectivity index (χ4v) is 2.63. The fraction of sp³-hybridized carbons (Fsp3) is 0.316. The van der Waals surface area contributed by atoms with Crippen LogP contribution in [0, 0.1) is 0 Å². The Bertz CT molecular complexity index is 746. The molecule has 3 rings (SSSR count). The summed E-state index contributed by atoms with van der Waals surface area (Å²) in [5.41, 5.74) is 0.656. The number of nitrogens with zero attached hydrogens (tertiary/aromatic N) is 1. The molecule has 1 aliphatic rings. The maximum atomic E-state index is 11.7. The second kappa shape index (κ2) is 7.44. The van der Waals surface area contributed by atoms with E-state index in [0.717, 1.165) is 6.54 Å². The molecule has 2 atom stereocenters. The van der Waals surface area contributed by atoms with Gasteiger partial charge < -0.3 is 24.2 Å². The smallest absolute Gasteiger partial charge is 0.349 e. The molecule has 2 aromatic rings. The van der Waals surface area contributed by atoms with E-state index in [-0.39, 0.29) is 0 Å². The predicted molar refractivity (Wildman–Crippen MR) is 92.4 cm³/mol. The molecule has 0 aromatic heterocycles. The molecule has 0 spiro atoms. The van der Waals surface area contributed by atoms with Crippen molar-refractivity contribution in [1.29, 1.82) is 0 Å². The Morgan fingerprint density at radius 1 is 1.08 bits per heavy atom. The molecule has 6 nitrogen and oxygen atoms in total. The van der Waals surface area contributed by atoms with Crippen molar-refractivity contribution in [2.45, 2.75) is 12.2 Å². The molecule has 132 valence electrons. The van der Waals surface area contributed by atoms with Crippen LogP contribution in [0.2, 0.25) is 0 Å². The van der Waals surface area contributed by atoms with E-state index in [9.17, 15) is 9.90 Å². The Kier molecular flexibility index (Phi) is 5.09. The summed E-state index contributed by atoms with van der Waals surface area (Å²) < 4.78 is 17.5. The van der Waals surface area contributed by atoms with Gasteiger partial charge in [0, 0.05) is 12.1 Å². The third-order valence-corrected chi connectivity index (χ3v) is 3.90. The number of aliphatic carboxylic acids is 1. The van der Waals surface area contributed by atoms with Crippen LogP contribution in [0.25, 0.3) is 0 Å². The maximum Gasteiger partial charge on any atom is 0.349 e. The van der Waals surface area contributed by atoms with Gasteiger partial charge in [0.1, 0.15) is 12.4 Å². The van der Waals surface area contributed by atoms with Gasteiger partial charge >= 0.3 is 5.97 Å². The number of fused-ring (bicyclic) bond motifs is 1. The summed E-state index contributed by atoms with van der Waals surface area (Å²) >= 11 is 0. The quantitative estimate of drug-likeness (QED) is 0.869. The van der Waals surface area contributed by atoms with Gasteiger partial charge in [-0.1, -0.05) is 30.3 Å². The van der Waals surface area contributed by atoms with Crippen LogP contribution in [0.3, 0.4) is 0 Å². The first-order valence-corrected chi connectivity index (χ1v) is 8.08. The van der Waals surface area contributed by atoms with E-state index >= 15 is 0 Å². The number of hydrogen-bond donors (Lipinski definition) is 1. The molecule has 6 heteroatoms. The number of benzene rings is 2. The lowest BCUT2D eigenvalue weighted by atomic mass is 10.0. The third-order valence-electron chi connectivity index (χ3n) is 3.90.